The molecule has 1 spiro atoms. The fourth-order valence-electron chi connectivity index (χ4n) is 3.33. The number of aromatic nitrogens is 1. The lowest BCUT2D eigenvalue weighted by Gasteiger charge is -2.24. The summed E-state index contributed by atoms with van der Waals surface area (Å²) in [5, 5.41) is 0. The van der Waals surface area contributed by atoms with E-state index in [2.05, 4.69) is 4.98 Å². The zero-order chi connectivity index (χ0) is 16.0. The maximum atomic E-state index is 12.7. The fraction of sp³-hybridized carbons (Fsp3) is 0.600. The second kappa shape index (κ2) is 5.22. The lowest BCUT2D eigenvalue weighted by atomic mass is 9.96. The summed E-state index contributed by atoms with van der Waals surface area (Å²) < 4.78 is 28.4. The number of carbonyl (C=O) groups is 1. The van der Waals surface area contributed by atoms with Gasteiger partial charge in [0.05, 0.1) is 18.6 Å². The van der Waals surface area contributed by atoms with Crippen molar-refractivity contribution < 1.29 is 17.9 Å². The number of nitrogens with zero attached hydrogens (tertiary/aromatic N) is 2. The Kier molecular flexibility index (Phi) is 3.63. The van der Waals surface area contributed by atoms with Crippen molar-refractivity contribution in [2.24, 2.45) is 11.3 Å². The van der Waals surface area contributed by atoms with Gasteiger partial charge in [0.25, 0.3) is 0 Å². The number of hydrogen-bond acceptors (Lipinski definition) is 5. The number of methoxy groups -OCH3 is 1. The van der Waals surface area contributed by atoms with Crippen molar-refractivity contribution in [2.45, 2.75) is 19.3 Å². The Balaban J connectivity index is 1.73. The monoisotopic (exact) mass is 324 g/mol. The molecule has 1 aromatic heterocycles. The fourth-order valence-corrected chi connectivity index (χ4v) is 4.96. The van der Waals surface area contributed by atoms with Crippen molar-refractivity contribution in [1.82, 2.24) is 4.98 Å². The molecule has 1 amide bonds. The molecule has 6 nitrogen and oxygen atoms in total. The zero-order valence-corrected chi connectivity index (χ0v) is 13.6. The van der Waals surface area contributed by atoms with Crippen LogP contribution in [-0.4, -0.2) is 45.0 Å². The van der Waals surface area contributed by atoms with Gasteiger partial charge in [0.2, 0.25) is 5.91 Å². The van der Waals surface area contributed by atoms with Gasteiger partial charge in [0.15, 0.2) is 11.6 Å². The molecule has 1 aliphatic carbocycles. The van der Waals surface area contributed by atoms with Crippen molar-refractivity contribution in [3.05, 3.63) is 18.3 Å². The van der Waals surface area contributed by atoms with Gasteiger partial charge in [0, 0.05) is 19.2 Å². The SMILES string of the molecule is COc1cccnc1N(C)C(=O)C1CC12CCS(=O)(=O)CC2. The van der Waals surface area contributed by atoms with E-state index < -0.39 is 9.84 Å². The molecule has 1 atom stereocenters. The highest BCUT2D eigenvalue weighted by molar-refractivity contribution is 7.91. The summed E-state index contributed by atoms with van der Waals surface area (Å²) in [4.78, 5) is 18.4. The molecule has 22 heavy (non-hydrogen) atoms. The Labute approximate surface area is 130 Å². The lowest BCUT2D eigenvalue weighted by Crippen LogP contribution is -2.33. The largest absolute Gasteiger partial charge is 0.493 e. The molecule has 2 aliphatic rings. The number of rotatable bonds is 3. The topological polar surface area (TPSA) is 76.6 Å². The number of amides is 1. The lowest BCUT2D eigenvalue weighted by molar-refractivity contribution is -0.120. The molecule has 7 heteroatoms. The Bertz CT molecular complexity index is 687. The molecule has 1 aliphatic heterocycles. The molecular weight excluding hydrogens is 304 g/mol. The van der Waals surface area contributed by atoms with Gasteiger partial charge >= 0.3 is 0 Å². The number of hydrogen-bond donors (Lipinski definition) is 0. The summed E-state index contributed by atoms with van der Waals surface area (Å²) in [7, 11) is 0.335. The van der Waals surface area contributed by atoms with Gasteiger partial charge in [0.1, 0.15) is 9.84 Å². The number of ether oxygens (including phenoxy) is 1. The number of pyridine rings is 1. The van der Waals surface area contributed by atoms with Crippen molar-refractivity contribution in [3.8, 4) is 5.75 Å². The highest BCUT2D eigenvalue weighted by atomic mass is 32.2. The van der Waals surface area contributed by atoms with Crippen molar-refractivity contribution in [3.63, 3.8) is 0 Å². The Morgan fingerprint density at radius 1 is 1.41 bits per heavy atom. The summed E-state index contributed by atoms with van der Waals surface area (Å²) in [5.41, 5.74) is -0.112. The predicted octanol–water partition coefficient (Wildman–Crippen LogP) is 1.27. The normalized spacial score (nSPS) is 24.7. The van der Waals surface area contributed by atoms with Crippen LogP contribution in [0, 0.1) is 11.3 Å². The van der Waals surface area contributed by atoms with E-state index in [4.69, 9.17) is 4.74 Å². The van der Waals surface area contributed by atoms with Gasteiger partial charge in [-0.05, 0) is 36.8 Å². The van der Waals surface area contributed by atoms with Crippen LogP contribution in [0.25, 0.3) is 0 Å². The Morgan fingerprint density at radius 3 is 2.73 bits per heavy atom. The van der Waals surface area contributed by atoms with Gasteiger partial charge in [-0.15, -0.1) is 0 Å². The van der Waals surface area contributed by atoms with Gasteiger partial charge in [-0.25, -0.2) is 13.4 Å². The van der Waals surface area contributed by atoms with E-state index in [1.807, 2.05) is 0 Å². The maximum Gasteiger partial charge on any atom is 0.231 e. The first-order chi connectivity index (χ1) is 10.4. The highest BCUT2D eigenvalue weighted by Crippen LogP contribution is 2.60. The first-order valence-corrected chi connectivity index (χ1v) is 9.18. The number of carbonyl (C=O) groups excluding carboxylic acids is 1. The van der Waals surface area contributed by atoms with Gasteiger partial charge in [-0.3, -0.25) is 9.69 Å². The third kappa shape index (κ3) is 2.58. The molecule has 2 fully saturated rings. The summed E-state index contributed by atoms with van der Waals surface area (Å²) in [6, 6.07) is 3.52. The molecule has 2 heterocycles. The summed E-state index contributed by atoms with van der Waals surface area (Å²) in [6.07, 6.45) is 3.59. The van der Waals surface area contributed by atoms with E-state index in [0.717, 1.165) is 6.42 Å². The molecule has 0 radical (unpaired) electrons. The highest BCUT2D eigenvalue weighted by Gasteiger charge is 2.60. The number of sulfone groups is 1. The van der Waals surface area contributed by atoms with E-state index >= 15 is 0 Å². The van der Waals surface area contributed by atoms with Crippen LogP contribution in [0.2, 0.25) is 0 Å². The molecule has 0 bridgehead atoms. The summed E-state index contributed by atoms with van der Waals surface area (Å²) >= 11 is 0. The number of anilines is 1. The average Bonchev–Trinajstić information content (AvgIpc) is 3.23. The maximum absolute atomic E-state index is 12.7. The van der Waals surface area contributed by atoms with Gasteiger partial charge in [-0.2, -0.15) is 0 Å². The second-order valence-electron chi connectivity index (χ2n) is 6.20. The second-order valence-corrected chi connectivity index (χ2v) is 8.50. The minimum atomic E-state index is -2.90. The quantitative estimate of drug-likeness (QED) is 0.837. The third-order valence-electron chi connectivity index (χ3n) is 4.93. The van der Waals surface area contributed by atoms with Crippen LogP contribution in [0.1, 0.15) is 19.3 Å². The zero-order valence-electron chi connectivity index (χ0n) is 12.8. The third-order valence-corrected chi connectivity index (χ3v) is 6.58. The van der Waals surface area contributed by atoms with Crippen LogP contribution in [0.4, 0.5) is 5.82 Å². The van der Waals surface area contributed by atoms with E-state index in [1.165, 1.54) is 4.90 Å². The first-order valence-electron chi connectivity index (χ1n) is 7.36. The smallest absolute Gasteiger partial charge is 0.231 e. The minimum Gasteiger partial charge on any atom is -0.493 e. The standard InChI is InChI=1S/C15H20N2O4S/c1-17(13-12(21-2)4-3-7-16-13)14(18)11-10-15(11)5-8-22(19,20)9-6-15/h3-4,7,11H,5-6,8-10H2,1-2H3. The van der Waals surface area contributed by atoms with Crippen molar-refractivity contribution in [1.29, 1.82) is 0 Å². The van der Waals surface area contributed by atoms with Crippen LogP contribution in [0.3, 0.4) is 0 Å². The molecular formula is C15H20N2O4S. The average molecular weight is 324 g/mol. The van der Waals surface area contributed by atoms with Crippen LogP contribution >= 0.6 is 0 Å². The minimum absolute atomic E-state index is 0.00343. The van der Waals surface area contributed by atoms with Gasteiger partial charge < -0.3 is 4.74 Å². The Morgan fingerprint density at radius 2 is 2.09 bits per heavy atom. The Hall–Kier alpha value is -1.63. The molecule has 1 saturated carbocycles. The molecule has 1 aromatic rings. The van der Waals surface area contributed by atoms with Crippen LogP contribution in [0.15, 0.2) is 18.3 Å². The molecule has 1 unspecified atom stereocenters. The van der Waals surface area contributed by atoms with E-state index in [1.54, 1.807) is 32.5 Å². The summed E-state index contributed by atoms with van der Waals surface area (Å²) in [5.74, 6) is 1.36. The molecule has 0 aromatic carbocycles. The molecule has 120 valence electrons. The first kappa shape index (κ1) is 15.3. The van der Waals surface area contributed by atoms with E-state index in [9.17, 15) is 13.2 Å². The summed E-state index contributed by atoms with van der Waals surface area (Å²) in [6.45, 7) is 0. The predicted molar refractivity (Wildman–Crippen MR) is 82.6 cm³/mol. The molecule has 1 saturated heterocycles. The molecule has 0 N–H and O–H groups in total. The van der Waals surface area contributed by atoms with Gasteiger partial charge in [-0.1, -0.05) is 0 Å². The van der Waals surface area contributed by atoms with E-state index in [-0.39, 0.29) is 28.7 Å². The van der Waals surface area contributed by atoms with Crippen LogP contribution in [0.5, 0.6) is 5.75 Å². The van der Waals surface area contributed by atoms with Crippen LogP contribution in [-0.2, 0) is 14.6 Å². The van der Waals surface area contributed by atoms with E-state index in [0.29, 0.717) is 24.4 Å². The van der Waals surface area contributed by atoms with Crippen molar-refractivity contribution in [2.75, 3.05) is 30.6 Å². The van der Waals surface area contributed by atoms with Crippen LogP contribution < -0.4 is 9.64 Å². The molecule has 3 rings (SSSR count). The van der Waals surface area contributed by atoms with Crippen molar-refractivity contribution >= 4 is 21.6 Å².